The Bertz CT molecular complexity index is 241. The Hall–Kier alpha value is -0.120. The number of hydrogen-bond donors (Lipinski definition) is 1. The van der Waals surface area contributed by atoms with Crippen LogP contribution in [0.3, 0.4) is 0 Å². The maximum Gasteiger partial charge on any atom is 0.0587 e. The molecule has 4 atom stereocenters. The molecule has 2 fully saturated rings. The number of nitrogens with one attached hydrogen (secondary N) is 1. The highest BCUT2D eigenvalue weighted by atomic mass is 16.5. The zero-order valence-corrected chi connectivity index (χ0v) is 12.3. The zero-order chi connectivity index (χ0) is 13.0. The summed E-state index contributed by atoms with van der Waals surface area (Å²) in [6.07, 6.45) is 6.86. The SMILES string of the molecule is CC1CN(C)C(C)CC1NCCC1CCCCO1. The lowest BCUT2D eigenvalue weighted by atomic mass is 9.89. The minimum absolute atomic E-state index is 0.519. The number of rotatable bonds is 4. The molecular formula is C15H30N2O. The van der Waals surface area contributed by atoms with Crippen LogP contribution in [-0.4, -0.2) is 49.8 Å². The lowest BCUT2D eigenvalue weighted by Gasteiger charge is -2.40. The summed E-state index contributed by atoms with van der Waals surface area (Å²) in [5.41, 5.74) is 0. The third-order valence-electron chi connectivity index (χ3n) is 4.76. The van der Waals surface area contributed by atoms with Crippen molar-refractivity contribution in [2.24, 2.45) is 5.92 Å². The van der Waals surface area contributed by atoms with Crippen molar-refractivity contribution < 1.29 is 4.74 Å². The normalized spacial score (nSPS) is 38.8. The summed E-state index contributed by atoms with van der Waals surface area (Å²) in [7, 11) is 2.24. The summed E-state index contributed by atoms with van der Waals surface area (Å²) in [6, 6.07) is 1.41. The van der Waals surface area contributed by atoms with Gasteiger partial charge in [0, 0.05) is 25.2 Å². The van der Waals surface area contributed by atoms with Gasteiger partial charge in [0.1, 0.15) is 0 Å². The van der Waals surface area contributed by atoms with Gasteiger partial charge in [-0.25, -0.2) is 0 Å². The van der Waals surface area contributed by atoms with Crippen molar-refractivity contribution in [1.29, 1.82) is 0 Å². The number of likely N-dealkylation sites (tertiary alicyclic amines) is 1. The first-order valence-corrected chi connectivity index (χ1v) is 7.72. The van der Waals surface area contributed by atoms with Crippen LogP contribution in [0.25, 0.3) is 0 Å². The Morgan fingerprint density at radius 3 is 2.83 bits per heavy atom. The molecule has 3 heteroatoms. The molecule has 0 radical (unpaired) electrons. The summed E-state index contributed by atoms with van der Waals surface area (Å²) in [4.78, 5) is 2.48. The highest BCUT2D eigenvalue weighted by molar-refractivity contribution is 4.86. The molecule has 106 valence electrons. The fourth-order valence-corrected chi connectivity index (χ4v) is 3.29. The van der Waals surface area contributed by atoms with E-state index in [1.54, 1.807) is 0 Å². The molecule has 2 rings (SSSR count). The van der Waals surface area contributed by atoms with Gasteiger partial charge < -0.3 is 15.0 Å². The van der Waals surface area contributed by atoms with Crippen molar-refractivity contribution >= 4 is 0 Å². The van der Waals surface area contributed by atoms with Gasteiger partial charge in [0.05, 0.1) is 6.10 Å². The topological polar surface area (TPSA) is 24.5 Å². The minimum Gasteiger partial charge on any atom is -0.378 e. The molecule has 3 nitrogen and oxygen atoms in total. The van der Waals surface area contributed by atoms with Crippen LogP contribution in [-0.2, 0) is 4.74 Å². The molecule has 0 spiro atoms. The van der Waals surface area contributed by atoms with Crippen LogP contribution in [0.2, 0.25) is 0 Å². The van der Waals surface area contributed by atoms with E-state index in [9.17, 15) is 0 Å². The largest absolute Gasteiger partial charge is 0.378 e. The summed E-state index contributed by atoms with van der Waals surface area (Å²) in [5, 5.41) is 3.76. The third-order valence-corrected chi connectivity index (χ3v) is 4.76. The molecule has 0 saturated carbocycles. The van der Waals surface area contributed by atoms with Gasteiger partial charge in [-0.15, -0.1) is 0 Å². The van der Waals surface area contributed by atoms with E-state index in [4.69, 9.17) is 4.74 Å². The first-order chi connectivity index (χ1) is 8.66. The molecule has 2 aliphatic heterocycles. The van der Waals surface area contributed by atoms with Gasteiger partial charge >= 0.3 is 0 Å². The molecule has 0 aromatic heterocycles. The van der Waals surface area contributed by atoms with Crippen LogP contribution in [0.1, 0.15) is 46.0 Å². The second-order valence-electron chi connectivity index (χ2n) is 6.34. The molecule has 2 aliphatic rings. The van der Waals surface area contributed by atoms with Crippen LogP contribution >= 0.6 is 0 Å². The molecule has 0 bridgehead atoms. The van der Waals surface area contributed by atoms with E-state index < -0.39 is 0 Å². The molecule has 0 aromatic carbocycles. The smallest absolute Gasteiger partial charge is 0.0587 e. The van der Waals surface area contributed by atoms with Gasteiger partial charge in [-0.1, -0.05) is 6.92 Å². The van der Waals surface area contributed by atoms with E-state index in [0.717, 1.165) is 19.1 Å². The monoisotopic (exact) mass is 254 g/mol. The first kappa shape index (κ1) is 14.3. The molecule has 2 saturated heterocycles. The van der Waals surface area contributed by atoms with Gasteiger partial charge in [-0.2, -0.15) is 0 Å². The average Bonchev–Trinajstić information content (AvgIpc) is 2.37. The van der Waals surface area contributed by atoms with Crippen LogP contribution in [0.15, 0.2) is 0 Å². The molecule has 0 amide bonds. The van der Waals surface area contributed by atoms with Crippen molar-refractivity contribution in [3.63, 3.8) is 0 Å². The maximum absolute atomic E-state index is 5.78. The molecule has 2 heterocycles. The van der Waals surface area contributed by atoms with Crippen LogP contribution in [0, 0.1) is 5.92 Å². The molecule has 0 aromatic rings. The molecule has 0 aliphatic carbocycles. The Kier molecular flexibility index (Phi) is 5.46. The van der Waals surface area contributed by atoms with Crippen molar-refractivity contribution in [1.82, 2.24) is 10.2 Å². The minimum atomic E-state index is 0.519. The number of piperidine rings is 1. The molecular weight excluding hydrogens is 224 g/mol. The van der Waals surface area contributed by atoms with Crippen LogP contribution in [0.4, 0.5) is 0 Å². The van der Waals surface area contributed by atoms with Gasteiger partial charge in [-0.05, 0) is 58.5 Å². The maximum atomic E-state index is 5.78. The van der Waals surface area contributed by atoms with E-state index in [0.29, 0.717) is 18.2 Å². The average molecular weight is 254 g/mol. The number of nitrogens with zero attached hydrogens (tertiary/aromatic N) is 1. The number of ether oxygens (including phenoxy) is 1. The second kappa shape index (κ2) is 6.88. The Morgan fingerprint density at radius 1 is 1.28 bits per heavy atom. The molecule has 4 unspecified atom stereocenters. The first-order valence-electron chi connectivity index (χ1n) is 7.72. The lowest BCUT2D eigenvalue weighted by Crippen LogP contribution is -2.51. The third kappa shape index (κ3) is 3.94. The predicted molar refractivity (Wildman–Crippen MR) is 75.9 cm³/mol. The summed E-state index contributed by atoms with van der Waals surface area (Å²) in [5.74, 6) is 0.762. The van der Waals surface area contributed by atoms with E-state index in [1.807, 2.05) is 0 Å². The van der Waals surface area contributed by atoms with Crippen molar-refractivity contribution in [2.75, 3.05) is 26.7 Å². The highest BCUT2D eigenvalue weighted by Crippen LogP contribution is 2.21. The highest BCUT2D eigenvalue weighted by Gasteiger charge is 2.28. The standard InChI is InChI=1S/C15H30N2O/c1-12-11-17(3)13(2)10-15(12)16-8-7-14-6-4-5-9-18-14/h12-16H,4-11H2,1-3H3. The van der Waals surface area contributed by atoms with Crippen LogP contribution in [0.5, 0.6) is 0 Å². The molecule has 18 heavy (non-hydrogen) atoms. The van der Waals surface area contributed by atoms with Crippen LogP contribution < -0.4 is 5.32 Å². The quantitative estimate of drug-likeness (QED) is 0.833. The fraction of sp³-hybridized carbons (Fsp3) is 1.00. The number of hydrogen-bond acceptors (Lipinski definition) is 3. The Labute approximate surface area is 112 Å². The summed E-state index contributed by atoms with van der Waals surface area (Å²) >= 11 is 0. The van der Waals surface area contributed by atoms with Crippen molar-refractivity contribution in [2.45, 2.75) is 64.1 Å². The zero-order valence-electron chi connectivity index (χ0n) is 12.3. The van der Waals surface area contributed by atoms with Gasteiger partial charge in [-0.3, -0.25) is 0 Å². The summed E-state index contributed by atoms with van der Waals surface area (Å²) < 4.78 is 5.78. The van der Waals surface area contributed by atoms with E-state index in [1.165, 1.54) is 38.6 Å². The van der Waals surface area contributed by atoms with E-state index in [2.05, 4.69) is 31.1 Å². The van der Waals surface area contributed by atoms with E-state index in [-0.39, 0.29) is 0 Å². The predicted octanol–water partition coefficient (Wildman–Crippen LogP) is 2.26. The van der Waals surface area contributed by atoms with Crippen molar-refractivity contribution in [3.8, 4) is 0 Å². The van der Waals surface area contributed by atoms with Gasteiger partial charge in [0.2, 0.25) is 0 Å². The van der Waals surface area contributed by atoms with E-state index >= 15 is 0 Å². The molecule has 1 N–H and O–H groups in total. The fourth-order valence-electron chi connectivity index (χ4n) is 3.29. The van der Waals surface area contributed by atoms with Crippen molar-refractivity contribution in [3.05, 3.63) is 0 Å². The van der Waals surface area contributed by atoms with Gasteiger partial charge in [0.25, 0.3) is 0 Å². The Balaban J connectivity index is 1.66. The summed E-state index contributed by atoms with van der Waals surface area (Å²) in [6.45, 7) is 8.03. The Morgan fingerprint density at radius 2 is 2.11 bits per heavy atom. The second-order valence-corrected chi connectivity index (χ2v) is 6.34. The van der Waals surface area contributed by atoms with Gasteiger partial charge in [0.15, 0.2) is 0 Å². The lowest BCUT2D eigenvalue weighted by molar-refractivity contribution is 0.0101.